The maximum absolute atomic E-state index is 11.7. The van der Waals surface area contributed by atoms with Crippen molar-refractivity contribution in [2.45, 2.75) is 6.54 Å². The first-order valence-electron chi connectivity index (χ1n) is 4.68. The van der Waals surface area contributed by atoms with Crippen molar-refractivity contribution in [3.8, 4) is 0 Å². The highest BCUT2D eigenvalue weighted by molar-refractivity contribution is 7.12. The van der Waals surface area contributed by atoms with E-state index in [4.69, 9.17) is 11.6 Å². The lowest BCUT2D eigenvalue weighted by molar-refractivity contribution is 0.0954. The van der Waals surface area contributed by atoms with E-state index in [1.165, 1.54) is 11.3 Å². The molecule has 0 spiro atoms. The molecule has 0 bridgehead atoms. The third-order valence-corrected chi connectivity index (χ3v) is 3.32. The number of hydrogen-bond acceptors (Lipinski definition) is 3. The SMILES string of the molecule is O=C(NCc1ccccn1)c1sccc1Cl. The highest BCUT2D eigenvalue weighted by Crippen LogP contribution is 2.21. The highest BCUT2D eigenvalue weighted by Gasteiger charge is 2.10. The number of nitrogens with zero attached hydrogens (tertiary/aromatic N) is 1. The summed E-state index contributed by atoms with van der Waals surface area (Å²) in [5, 5.41) is 5.05. The van der Waals surface area contributed by atoms with E-state index in [0.29, 0.717) is 16.4 Å². The number of rotatable bonds is 3. The molecule has 0 atom stereocenters. The summed E-state index contributed by atoms with van der Waals surface area (Å²) in [6.07, 6.45) is 1.69. The lowest BCUT2D eigenvalue weighted by atomic mass is 10.3. The standard InChI is InChI=1S/C11H9ClN2OS/c12-9-4-6-16-10(9)11(15)14-7-8-3-1-2-5-13-8/h1-6H,7H2,(H,14,15). The molecule has 1 N–H and O–H groups in total. The smallest absolute Gasteiger partial charge is 0.263 e. The number of aromatic nitrogens is 1. The lowest BCUT2D eigenvalue weighted by Gasteiger charge is -2.02. The average molecular weight is 253 g/mol. The van der Waals surface area contributed by atoms with Gasteiger partial charge in [-0.05, 0) is 23.6 Å². The quantitative estimate of drug-likeness (QED) is 0.913. The van der Waals surface area contributed by atoms with Gasteiger partial charge in [0, 0.05) is 6.20 Å². The van der Waals surface area contributed by atoms with Crippen molar-refractivity contribution in [1.29, 1.82) is 0 Å². The Morgan fingerprint density at radius 2 is 2.31 bits per heavy atom. The topological polar surface area (TPSA) is 42.0 Å². The van der Waals surface area contributed by atoms with Crippen LogP contribution in [0.1, 0.15) is 15.4 Å². The molecule has 0 fully saturated rings. The predicted molar refractivity (Wildman–Crippen MR) is 64.7 cm³/mol. The first-order valence-corrected chi connectivity index (χ1v) is 5.94. The fourth-order valence-corrected chi connectivity index (χ4v) is 2.27. The number of thiophene rings is 1. The van der Waals surface area contributed by atoms with Crippen LogP contribution in [-0.2, 0) is 6.54 Å². The van der Waals surface area contributed by atoms with Crippen LogP contribution < -0.4 is 5.32 Å². The molecule has 16 heavy (non-hydrogen) atoms. The second kappa shape index (κ2) is 5.09. The third kappa shape index (κ3) is 2.59. The molecule has 2 aromatic rings. The Hall–Kier alpha value is -1.39. The van der Waals surface area contributed by atoms with Crippen LogP contribution in [0.25, 0.3) is 0 Å². The van der Waals surface area contributed by atoms with Crippen molar-refractivity contribution in [3.05, 3.63) is 51.4 Å². The average Bonchev–Trinajstić information content (AvgIpc) is 2.74. The molecule has 0 radical (unpaired) electrons. The van der Waals surface area contributed by atoms with Crippen LogP contribution in [0.15, 0.2) is 35.8 Å². The van der Waals surface area contributed by atoms with Gasteiger partial charge < -0.3 is 5.32 Å². The molecule has 3 nitrogen and oxygen atoms in total. The first-order chi connectivity index (χ1) is 7.77. The van der Waals surface area contributed by atoms with Crippen LogP contribution in [-0.4, -0.2) is 10.9 Å². The van der Waals surface area contributed by atoms with Crippen LogP contribution >= 0.6 is 22.9 Å². The van der Waals surface area contributed by atoms with E-state index in [-0.39, 0.29) is 5.91 Å². The minimum atomic E-state index is -0.161. The zero-order valence-corrected chi connectivity index (χ0v) is 9.89. The molecule has 0 aliphatic carbocycles. The number of amides is 1. The van der Waals surface area contributed by atoms with E-state index in [0.717, 1.165) is 5.69 Å². The zero-order chi connectivity index (χ0) is 11.4. The highest BCUT2D eigenvalue weighted by atomic mass is 35.5. The molecule has 0 aromatic carbocycles. The number of nitrogens with one attached hydrogen (secondary N) is 1. The van der Waals surface area contributed by atoms with Crippen LogP contribution in [0, 0.1) is 0 Å². The number of carbonyl (C=O) groups is 1. The lowest BCUT2D eigenvalue weighted by Crippen LogP contribution is -2.22. The van der Waals surface area contributed by atoms with E-state index in [1.807, 2.05) is 18.2 Å². The van der Waals surface area contributed by atoms with Gasteiger partial charge >= 0.3 is 0 Å². The molecular weight excluding hydrogens is 244 g/mol. The summed E-state index contributed by atoms with van der Waals surface area (Å²) in [6.45, 7) is 0.411. The summed E-state index contributed by atoms with van der Waals surface area (Å²) in [5.74, 6) is -0.161. The first kappa shape index (κ1) is 11.1. The van der Waals surface area contributed by atoms with E-state index in [1.54, 1.807) is 17.6 Å². The molecule has 1 amide bonds. The fourth-order valence-electron chi connectivity index (χ4n) is 1.21. The van der Waals surface area contributed by atoms with Crippen molar-refractivity contribution in [1.82, 2.24) is 10.3 Å². The van der Waals surface area contributed by atoms with Gasteiger partial charge in [0.2, 0.25) is 0 Å². The normalized spacial score (nSPS) is 10.1. The van der Waals surface area contributed by atoms with Crippen molar-refractivity contribution in [2.24, 2.45) is 0 Å². The molecular formula is C11H9ClN2OS. The van der Waals surface area contributed by atoms with Gasteiger partial charge in [-0.1, -0.05) is 17.7 Å². The molecule has 5 heteroatoms. The second-order valence-corrected chi connectivity index (χ2v) is 4.42. The number of hydrogen-bond donors (Lipinski definition) is 1. The van der Waals surface area contributed by atoms with Crippen LogP contribution in [0.2, 0.25) is 5.02 Å². The summed E-state index contributed by atoms with van der Waals surface area (Å²) in [5.41, 5.74) is 0.823. The predicted octanol–water partition coefficient (Wildman–Crippen LogP) is 2.73. The number of pyridine rings is 1. The third-order valence-electron chi connectivity index (χ3n) is 1.98. The molecule has 2 rings (SSSR count). The van der Waals surface area contributed by atoms with E-state index < -0.39 is 0 Å². The maximum Gasteiger partial charge on any atom is 0.263 e. The minimum Gasteiger partial charge on any atom is -0.346 e. The summed E-state index contributed by atoms with van der Waals surface area (Å²) in [4.78, 5) is 16.3. The Morgan fingerprint density at radius 3 is 2.94 bits per heavy atom. The molecule has 0 saturated heterocycles. The van der Waals surface area contributed by atoms with Gasteiger partial charge in [-0.25, -0.2) is 0 Å². The van der Waals surface area contributed by atoms with Crippen molar-refractivity contribution < 1.29 is 4.79 Å². The Balaban J connectivity index is 1.97. The van der Waals surface area contributed by atoms with Gasteiger partial charge in [-0.2, -0.15) is 0 Å². The van der Waals surface area contributed by atoms with Gasteiger partial charge in [0.15, 0.2) is 0 Å². The Bertz CT molecular complexity index is 484. The molecule has 0 unspecified atom stereocenters. The summed E-state index contributed by atoms with van der Waals surface area (Å²) >= 11 is 7.18. The maximum atomic E-state index is 11.7. The van der Waals surface area contributed by atoms with E-state index in [2.05, 4.69) is 10.3 Å². The Kier molecular flexibility index (Phi) is 3.54. The van der Waals surface area contributed by atoms with Gasteiger partial charge in [0.05, 0.1) is 17.3 Å². The van der Waals surface area contributed by atoms with Gasteiger partial charge in [-0.3, -0.25) is 9.78 Å². The minimum absolute atomic E-state index is 0.161. The van der Waals surface area contributed by atoms with Crippen molar-refractivity contribution >= 4 is 28.8 Å². The molecule has 0 saturated carbocycles. The second-order valence-electron chi connectivity index (χ2n) is 3.10. The van der Waals surface area contributed by atoms with Crippen LogP contribution in [0.3, 0.4) is 0 Å². The van der Waals surface area contributed by atoms with Crippen molar-refractivity contribution in [2.75, 3.05) is 0 Å². The summed E-state index contributed by atoms with van der Waals surface area (Å²) < 4.78 is 0. The molecule has 2 heterocycles. The van der Waals surface area contributed by atoms with Crippen molar-refractivity contribution in [3.63, 3.8) is 0 Å². The molecule has 82 valence electrons. The fraction of sp³-hybridized carbons (Fsp3) is 0.0909. The molecule has 0 aliphatic heterocycles. The van der Waals surface area contributed by atoms with Gasteiger partial charge in [0.25, 0.3) is 5.91 Å². The summed E-state index contributed by atoms with van der Waals surface area (Å²) in [7, 11) is 0. The number of carbonyl (C=O) groups excluding carboxylic acids is 1. The molecule has 0 aliphatic rings. The van der Waals surface area contributed by atoms with Gasteiger partial charge in [0.1, 0.15) is 4.88 Å². The summed E-state index contributed by atoms with van der Waals surface area (Å²) in [6, 6.07) is 7.28. The zero-order valence-electron chi connectivity index (χ0n) is 8.31. The monoisotopic (exact) mass is 252 g/mol. The Morgan fingerprint density at radius 1 is 1.44 bits per heavy atom. The van der Waals surface area contributed by atoms with Crippen LogP contribution in [0.5, 0.6) is 0 Å². The van der Waals surface area contributed by atoms with Crippen LogP contribution in [0.4, 0.5) is 0 Å². The Labute approximate surface area is 102 Å². The largest absolute Gasteiger partial charge is 0.346 e. The van der Waals surface area contributed by atoms with E-state index in [9.17, 15) is 4.79 Å². The molecule has 2 aromatic heterocycles. The number of halogens is 1. The van der Waals surface area contributed by atoms with Gasteiger partial charge in [-0.15, -0.1) is 11.3 Å². The van der Waals surface area contributed by atoms with E-state index >= 15 is 0 Å².